The average molecular weight is 484 g/mol. The molecule has 2 rings (SSSR count). The number of hydrazine groups is 1. The van der Waals surface area contributed by atoms with E-state index in [1.165, 1.54) is 0 Å². The van der Waals surface area contributed by atoms with Gasteiger partial charge in [0, 0.05) is 17.0 Å². The minimum absolute atomic E-state index is 0.0196. The number of hydrogen-bond acceptors (Lipinski definition) is 5. The second kappa shape index (κ2) is 13.0. The molecule has 0 spiro atoms. The predicted molar refractivity (Wildman–Crippen MR) is 125 cm³/mol. The molecule has 0 bridgehead atoms. The van der Waals surface area contributed by atoms with Crippen LogP contribution >= 0.6 is 35.4 Å². The minimum Gasteiger partial charge on any atom is -0.494 e. The molecule has 0 aliphatic heterocycles. The maximum Gasteiger partial charge on any atom is 0.257 e. The van der Waals surface area contributed by atoms with Gasteiger partial charge in [-0.15, -0.1) is 0 Å². The molecule has 0 saturated heterocycles. The number of thiocarbonyl (C=S) groups is 1. The third-order valence-corrected chi connectivity index (χ3v) is 4.57. The van der Waals surface area contributed by atoms with Crippen LogP contribution < -0.4 is 25.6 Å². The molecule has 0 fully saturated rings. The molecular weight excluding hydrogens is 461 g/mol. The standard InChI is InChI=1S/C21H23Cl2N3O4S/c1-2-11-29-16-8-5-14(6-9-16)20(28)24-21(31)26-25-19(27)4-3-12-30-18-10-7-15(22)13-17(18)23/h5-10,13H,2-4,11-12H2,1H3,(H,25,27)(H2,24,26,28,31). The Kier molecular flexibility index (Phi) is 10.4. The van der Waals surface area contributed by atoms with E-state index in [4.69, 9.17) is 44.9 Å². The van der Waals surface area contributed by atoms with E-state index in [0.717, 1.165) is 6.42 Å². The summed E-state index contributed by atoms with van der Waals surface area (Å²) < 4.78 is 11.0. The number of rotatable bonds is 9. The van der Waals surface area contributed by atoms with Crippen molar-refractivity contribution in [2.24, 2.45) is 0 Å². The van der Waals surface area contributed by atoms with Gasteiger partial charge in [0.15, 0.2) is 5.11 Å². The molecule has 0 saturated carbocycles. The predicted octanol–water partition coefficient (Wildman–Crippen LogP) is 4.28. The number of carbonyl (C=O) groups is 2. The van der Waals surface area contributed by atoms with Crippen molar-refractivity contribution in [2.45, 2.75) is 26.2 Å². The Balaban J connectivity index is 1.64. The highest BCUT2D eigenvalue weighted by Gasteiger charge is 2.09. The number of nitrogens with one attached hydrogen (secondary N) is 3. The van der Waals surface area contributed by atoms with Crippen molar-refractivity contribution in [1.82, 2.24) is 16.2 Å². The van der Waals surface area contributed by atoms with Crippen molar-refractivity contribution in [3.8, 4) is 11.5 Å². The fourth-order valence-corrected chi connectivity index (χ4v) is 2.93. The summed E-state index contributed by atoms with van der Waals surface area (Å²) in [5, 5.41) is 3.39. The molecule has 166 valence electrons. The zero-order valence-corrected chi connectivity index (χ0v) is 19.2. The number of hydrogen-bond donors (Lipinski definition) is 3. The van der Waals surface area contributed by atoms with Gasteiger partial charge in [0.05, 0.1) is 18.2 Å². The van der Waals surface area contributed by atoms with Gasteiger partial charge in [-0.25, -0.2) is 0 Å². The lowest BCUT2D eigenvalue weighted by atomic mass is 10.2. The molecule has 0 aliphatic carbocycles. The molecular formula is C21H23Cl2N3O4S. The average Bonchev–Trinajstić information content (AvgIpc) is 2.75. The van der Waals surface area contributed by atoms with Crippen LogP contribution in [0.15, 0.2) is 42.5 Å². The zero-order chi connectivity index (χ0) is 22.6. The molecule has 31 heavy (non-hydrogen) atoms. The summed E-state index contributed by atoms with van der Waals surface area (Å²) in [7, 11) is 0. The Morgan fingerprint density at radius 1 is 1.00 bits per heavy atom. The second-order valence-electron chi connectivity index (χ2n) is 6.36. The van der Waals surface area contributed by atoms with E-state index in [2.05, 4.69) is 16.2 Å². The highest BCUT2D eigenvalue weighted by Crippen LogP contribution is 2.27. The fourth-order valence-electron chi connectivity index (χ4n) is 2.33. The Morgan fingerprint density at radius 2 is 1.74 bits per heavy atom. The largest absolute Gasteiger partial charge is 0.494 e. The Labute approximate surface area is 196 Å². The molecule has 0 aliphatic rings. The summed E-state index contributed by atoms with van der Waals surface area (Å²) in [6.07, 6.45) is 1.55. The van der Waals surface area contributed by atoms with Gasteiger partial charge in [0.25, 0.3) is 5.91 Å². The van der Waals surface area contributed by atoms with Crippen LogP contribution in [0.4, 0.5) is 0 Å². The highest BCUT2D eigenvalue weighted by molar-refractivity contribution is 7.80. The summed E-state index contributed by atoms with van der Waals surface area (Å²) >= 11 is 16.9. The smallest absolute Gasteiger partial charge is 0.257 e. The molecule has 0 radical (unpaired) electrons. The van der Waals surface area contributed by atoms with Gasteiger partial charge >= 0.3 is 0 Å². The number of ether oxygens (including phenoxy) is 2. The monoisotopic (exact) mass is 483 g/mol. The number of halogens is 2. The van der Waals surface area contributed by atoms with E-state index in [9.17, 15) is 9.59 Å². The fraction of sp³-hybridized carbons (Fsp3) is 0.286. The third-order valence-electron chi connectivity index (χ3n) is 3.83. The maximum absolute atomic E-state index is 12.2. The first kappa shape index (κ1) is 24.7. The SMILES string of the molecule is CCCOc1ccc(C(=O)NC(=S)NNC(=O)CCCOc2ccc(Cl)cc2Cl)cc1. The van der Waals surface area contributed by atoms with E-state index in [1.807, 2.05) is 6.92 Å². The van der Waals surface area contributed by atoms with E-state index >= 15 is 0 Å². The van der Waals surface area contributed by atoms with Crippen LogP contribution in [-0.4, -0.2) is 30.1 Å². The molecule has 2 amide bonds. The molecule has 3 N–H and O–H groups in total. The molecule has 0 heterocycles. The van der Waals surface area contributed by atoms with Crippen LogP contribution in [0.2, 0.25) is 10.0 Å². The van der Waals surface area contributed by atoms with Crippen LogP contribution in [0.3, 0.4) is 0 Å². The van der Waals surface area contributed by atoms with Crippen molar-refractivity contribution in [2.75, 3.05) is 13.2 Å². The van der Waals surface area contributed by atoms with Crippen molar-refractivity contribution in [3.63, 3.8) is 0 Å². The first-order chi connectivity index (χ1) is 14.9. The number of carbonyl (C=O) groups excluding carboxylic acids is 2. The van der Waals surface area contributed by atoms with Crippen LogP contribution in [0.25, 0.3) is 0 Å². The van der Waals surface area contributed by atoms with Crippen molar-refractivity contribution in [1.29, 1.82) is 0 Å². The van der Waals surface area contributed by atoms with Crippen LogP contribution in [0, 0.1) is 0 Å². The summed E-state index contributed by atoms with van der Waals surface area (Å²) in [6.45, 7) is 2.92. The second-order valence-corrected chi connectivity index (χ2v) is 7.61. The van der Waals surface area contributed by atoms with Gasteiger partial charge < -0.3 is 9.47 Å². The van der Waals surface area contributed by atoms with Crippen molar-refractivity contribution < 1.29 is 19.1 Å². The van der Waals surface area contributed by atoms with Gasteiger partial charge in [-0.2, -0.15) is 0 Å². The Morgan fingerprint density at radius 3 is 2.42 bits per heavy atom. The summed E-state index contributed by atoms with van der Waals surface area (Å²) in [5.41, 5.74) is 5.33. The first-order valence-electron chi connectivity index (χ1n) is 9.60. The molecule has 0 atom stereocenters. The van der Waals surface area contributed by atoms with Crippen LogP contribution in [0.1, 0.15) is 36.5 Å². The molecule has 7 nitrogen and oxygen atoms in total. The van der Waals surface area contributed by atoms with Crippen LogP contribution in [0.5, 0.6) is 11.5 Å². The van der Waals surface area contributed by atoms with E-state index < -0.39 is 5.91 Å². The molecule has 2 aromatic carbocycles. The van der Waals surface area contributed by atoms with E-state index in [-0.39, 0.29) is 17.4 Å². The van der Waals surface area contributed by atoms with Crippen molar-refractivity contribution in [3.05, 3.63) is 58.1 Å². The van der Waals surface area contributed by atoms with E-state index in [0.29, 0.717) is 46.7 Å². The summed E-state index contributed by atoms with van der Waals surface area (Å²) in [6, 6.07) is 11.6. The van der Waals surface area contributed by atoms with Gasteiger partial charge in [-0.05, 0) is 67.5 Å². The normalized spacial score (nSPS) is 10.2. The highest BCUT2D eigenvalue weighted by atomic mass is 35.5. The lowest BCUT2D eigenvalue weighted by Crippen LogP contribution is -2.48. The summed E-state index contributed by atoms with van der Waals surface area (Å²) in [4.78, 5) is 24.1. The third kappa shape index (κ3) is 9.00. The molecule has 0 unspecified atom stereocenters. The number of amides is 2. The minimum atomic E-state index is -0.401. The van der Waals surface area contributed by atoms with Gasteiger partial charge in [0.2, 0.25) is 5.91 Å². The lowest BCUT2D eigenvalue weighted by molar-refractivity contribution is -0.121. The number of benzene rings is 2. The topological polar surface area (TPSA) is 88.7 Å². The van der Waals surface area contributed by atoms with Gasteiger partial charge in [-0.3, -0.25) is 25.8 Å². The first-order valence-corrected chi connectivity index (χ1v) is 10.8. The Bertz CT molecular complexity index is 910. The quantitative estimate of drug-likeness (QED) is 0.280. The van der Waals surface area contributed by atoms with Gasteiger partial charge in [-0.1, -0.05) is 30.1 Å². The van der Waals surface area contributed by atoms with Crippen molar-refractivity contribution >= 4 is 52.3 Å². The maximum atomic E-state index is 12.2. The lowest BCUT2D eigenvalue weighted by Gasteiger charge is -2.12. The molecule has 2 aromatic rings. The van der Waals surface area contributed by atoms with Crippen LogP contribution in [-0.2, 0) is 4.79 Å². The summed E-state index contributed by atoms with van der Waals surface area (Å²) in [5.74, 6) is 0.481. The van der Waals surface area contributed by atoms with Gasteiger partial charge in [0.1, 0.15) is 11.5 Å². The Hall–Kier alpha value is -2.55. The zero-order valence-electron chi connectivity index (χ0n) is 16.9. The molecule has 0 aromatic heterocycles. The van der Waals surface area contributed by atoms with E-state index in [1.54, 1.807) is 42.5 Å². The molecule has 10 heteroatoms.